The van der Waals surface area contributed by atoms with E-state index in [4.69, 9.17) is 9.88 Å². The van der Waals surface area contributed by atoms with E-state index in [1.54, 1.807) is 19.1 Å². The molecule has 122 valence electrons. The van der Waals surface area contributed by atoms with Gasteiger partial charge in [-0.3, -0.25) is 4.79 Å². The van der Waals surface area contributed by atoms with Crippen LogP contribution < -0.4 is 10.5 Å². The maximum Gasteiger partial charge on any atom is 0.238 e. The van der Waals surface area contributed by atoms with Crippen molar-refractivity contribution in [1.29, 1.82) is 0 Å². The molecule has 1 heterocycles. The van der Waals surface area contributed by atoms with Crippen molar-refractivity contribution in [3.63, 3.8) is 0 Å². The topological polar surface area (TPSA) is 98.5 Å². The summed E-state index contributed by atoms with van der Waals surface area (Å²) in [7, 11) is -3.71. The zero-order valence-electron chi connectivity index (χ0n) is 12.8. The SMILES string of the molecule is Cc1cc(CNC(=O)[C@H]2CCCO[C@@H]2C)ccc1S(N)(=O)=O. The van der Waals surface area contributed by atoms with Gasteiger partial charge in [-0.2, -0.15) is 0 Å². The third kappa shape index (κ3) is 4.06. The lowest BCUT2D eigenvalue weighted by Crippen LogP contribution is -2.39. The van der Waals surface area contributed by atoms with Gasteiger partial charge < -0.3 is 10.1 Å². The largest absolute Gasteiger partial charge is 0.378 e. The fourth-order valence-electron chi connectivity index (χ4n) is 2.73. The molecule has 1 aromatic rings. The molecule has 1 aliphatic rings. The van der Waals surface area contributed by atoms with Crippen molar-refractivity contribution in [1.82, 2.24) is 5.32 Å². The molecule has 0 radical (unpaired) electrons. The van der Waals surface area contributed by atoms with Gasteiger partial charge in [0.15, 0.2) is 0 Å². The number of nitrogens with one attached hydrogen (secondary N) is 1. The van der Waals surface area contributed by atoms with E-state index in [0.717, 1.165) is 18.4 Å². The molecule has 1 fully saturated rings. The van der Waals surface area contributed by atoms with Crippen molar-refractivity contribution < 1.29 is 17.9 Å². The molecule has 7 heteroatoms. The van der Waals surface area contributed by atoms with E-state index >= 15 is 0 Å². The predicted molar refractivity (Wildman–Crippen MR) is 82.5 cm³/mol. The molecule has 3 N–H and O–H groups in total. The highest BCUT2D eigenvalue weighted by atomic mass is 32.2. The quantitative estimate of drug-likeness (QED) is 0.864. The summed E-state index contributed by atoms with van der Waals surface area (Å²) in [6.45, 7) is 4.66. The van der Waals surface area contributed by atoms with Crippen LogP contribution in [0.3, 0.4) is 0 Å². The first-order valence-corrected chi connectivity index (χ1v) is 8.85. The zero-order valence-corrected chi connectivity index (χ0v) is 13.7. The summed E-state index contributed by atoms with van der Waals surface area (Å²) in [6, 6.07) is 4.85. The summed E-state index contributed by atoms with van der Waals surface area (Å²) in [4.78, 5) is 12.3. The average molecular weight is 326 g/mol. The second kappa shape index (κ2) is 6.76. The van der Waals surface area contributed by atoms with E-state index in [2.05, 4.69) is 5.32 Å². The van der Waals surface area contributed by atoms with Gasteiger partial charge >= 0.3 is 0 Å². The van der Waals surface area contributed by atoms with E-state index in [1.807, 2.05) is 6.92 Å². The van der Waals surface area contributed by atoms with E-state index in [9.17, 15) is 13.2 Å². The first kappa shape index (κ1) is 16.9. The molecule has 1 aliphatic heterocycles. The number of carbonyl (C=O) groups is 1. The summed E-state index contributed by atoms with van der Waals surface area (Å²) >= 11 is 0. The highest BCUT2D eigenvalue weighted by Crippen LogP contribution is 2.21. The maximum absolute atomic E-state index is 12.2. The number of sulfonamides is 1. The molecular weight excluding hydrogens is 304 g/mol. The van der Waals surface area contributed by atoms with Gasteiger partial charge in [-0.25, -0.2) is 13.6 Å². The minimum Gasteiger partial charge on any atom is -0.378 e. The molecule has 1 saturated heterocycles. The van der Waals surface area contributed by atoms with Gasteiger partial charge in [-0.1, -0.05) is 12.1 Å². The Morgan fingerprint density at radius 3 is 2.77 bits per heavy atom. The standard InChI is InChI=1S/C15H22N2O4S/c1-10-8-12(5-6-14(10)22(16,19)20)9-17-15(18)13-4-3-7-21-11(13)2/h5-6,8,11,13H,3-4,7,9H2,1-2H3,(H,17,18)(H2,16,19,20)/t11-,13+/m1/s1. The number of hydrogen-bond donors (Lipinski definition) is 2. The minimum absolute atomic E-state index is 0.0274. The van der Waals surface area contributed by atoms with Crippen molar-refractivity contribution in [2.45, 2.75) is 44.2 Å². The molecule has 2 atom stereocenters. The van der Waals surface area contributed by atoms with Crippen molar-refractivity contribution in [3.05, 3.63) is 29.3 Å². The molecule has 6 nitrogen and oxygen atoms in total. The van der Waals surface area contributed by atoms with Gasteiger partial charge in [0.25, 0.3) is 0 Å². The second-order valence-electron chi connectivity index (χ2n) is 5.69. The molecule has 0 aliphatic carbocycles. The molecule has 0 spiro atoms. The molecule has 0 aromatic heterocycles. The van der Waals surface area contributed by atoms with E-state index in [-0.39, 0.29) is 22.8 Å². The first-order valence-electron chi connectivity index (χ1n) is 7.30. The lowest BCUT2D eigenvalue weighted by atomic mass is 9.94. The maximum atomic E-state index is 12.2. The third-order valence-corrected chi connectivity index (χ3v) is 5.03. The van der Waals surface area contributed by atoms with Crippen molar-refractivity contribution >= 4 is 15.9 Å². The summed E-state index contributed by atoms with van der Waals surface area (Å²) in [6.07, 6.45) is 1.65. The zero-order chi connectivity index (χ0) is 16.3. The molecule has 0 saturated carbocycles. The minimum atomic E-state index is -3.71. The number of primary sulfonamides is 1. The average Bonchev–Trinajstić information content (AvgIpc) is 2.44. The summed E-state index contributed by atoms with van der Waals surface area (Å²) in [5.41, 5.74) is 1.41. The number of carbonyl (C=O) groups excluding carboxylic acids is 1. The Morgan fingerprint density at radius 2 is 2.18 bits per heavy atom. The Balaban J connectivity index is 2.00. The van der Waals surface area contributed by atoms with Crippen LogP contribution in [0.15, 0.2) is 23.1 Å². The third-order valence-electron chi connectivity index (χ3n) is 3.96. The number of amides is 1. The highest BCUT2D eigenvalue weighted by Gasteiger charge is 2.28. The molecule has 1 amide bonds. The van der Waals surface area contributed by atoms with Gasteiger partial charge in [0.05, 0.1) is 16.9 Å². The molecule has 0 unspecified atom stereocenters. The molecule has 2 rings (SSSR count). The molecule has 1 aromatic carbocycles. The van der Waals surface area contributed by atoms with Crippen molar-refractivity contribution in [3.8, 4) is 0 Å². The number of aryl methyl sites for hydroxylation is 1. The van der Waals surface area contributed by atoms with Crippen LogP contribution in [0.2, 0.25) is 0 Å². The van der Waals surface area contributed by atoms with E-state index in [1.165, 1.54) is 6.07 Å². The van der Waals surface area contributed by atoms with Gasteiger partial charge in [0, 0.05) is 13.2 Å². The molecule has 22 heavy (non-hydrogen) atoms. The van der Waals surface area contributed by atoms with Gasteiger partial charge in [-0.05, 0) is 43.9 Å². The summed E-state index contributed by atoms with van der Waals surface area (Å²) in [5, 5.41) is 8.02. The lowest BCUT2D eigenvalue weighted by molar-refractivity contribution is -0.133. The van der Waals surface area contributed by atoms with E-state index in [0.29, 0.717) is 18.7 Å². The normalized spacial score (nSPS) is 22.3. The number of benzene rings is 1. The fourth-order valence-corrected chi connectivity index (χ4v) is 3.49. The van der Waals surface area contributed by atoms with E-state index < -0.39 is 10.0 Å². The van der Waals surface area contributed by atoms with Gasteiger partial charge in [-0.15, -0.1) is 0 Å². The van der Waals surface area contributed by atoms with Crippen LogP contribution >= 0.6 is 0 Å². The number of rotatable bonds is 4. The van der Waals surface area contributed by atoms with Crippen LogP contribution in [0.25, 0.3) is 0 Å². The van der Waals surface area contributed by atoms with Crippen LogP contribution in [0.1, 0.15) is 30.9 Å². The number of hydrogen-bond acceptors (Lipinski definition) is 4. The van der Waals surface area contributed by atoms with Crippen LogP contribution in [0.4, 0.5) is 0 Å². The highest BCUT2D eigenvalue weighted by molar-refractivity contribution is 7.89. The van der Waals surface area contributed by atoms with Crippen LogP contribution in [0, 0.1) is 12.8 Å². The summed E-state index contributed by atoms with van der Waals surface area (Å²) in [5.74, 6) is -0.154. The lowest BCUT2D eigenvalue weighted by Gasteiger charge is -2.28. The number of ether oxygens (including phenoxy) is 1. The fraction of sp³-hybridized carbons (Fsp3) is 0.533. The Hall–Kier alpha value is -1.44. The second-order valence-corrected chi connectivity index (χ2v) is 7.22. The Labute approximate surface area is 131 Å². The Bertz CT molecular complexity index is 658. The van der Waals surface area contributed by atoms with Crippen LogP contribution in [0.5, 0.6) is 0 Å². The molecular formula is C15H22N2O4S. The van der Waals surface area contributed by atoms with Gasteiger partial charge in [0.2, 0.25) is 15.9 Å². The molecule has 0 bridgehead atoms. The first-order chi connectivity index (χ1) is 10.3. The number of nitrogens with two attached hydrogens (primary N) is 1. The smallest absolute Gasteiger partial charge is 0.238 e. The van der Waals surface area contributed by atoms with Crippen LogP contribution in [-0.2, 0) is 26.1 Å². The van der Waals surface area contributed by atoms with Crippen LogP contribution in [-0.4, -0.2) is 27.0 Å². The predicted octanol–water partition coefficient (Wildman–Crippen LogP) is 1.07. The van der Waals surface area contributed by atoms with Crippen molar-refractivity contribution in [2.24, 2.45) is 11.1 Å². The van der Waals surface area contributed by atoms with Gasteiger partial charge in [0.1, 0.15) is 0 Å². The van der Waals surface area contributed by atoms with Crippen molar-refractivity contribution in [2.75, 3.05) is 6.61 Å². The Kier molecular flexibility index (Phi) is 5.20. The summed E-state index contributed by atoms with van der Waals surface area (Å²) < 4.78 is 28.2. The monoisotopic (exact) mass is 326 g/mol. The Morgan fingerprint density at radius 1 is 1.45 bits per heavy atom.